The number of carbonyl (C=O) groups is 2. The van der Waals surface area contributed by atoms with Crippen molar-refractivity contribution in [2.75, 3.05) is 0 Å². The number of aromatic nitrogens is 1. The van der Waals surface area contributed by atoms with Crippen LogP contribution in [0.25, 0.3) is 0 Å². The lowest BCUT2D eigenvalue weighted by atomic mass is 10.2. The highest BCUT2D eigenvalue weighted by atomic mass is 35.5. The van der Waals surface area contributed by atoms with Gasteiger partial charge >= 0.3 is 11.9 Å². The van der Waals surface area contributed by atoms with Crippen LogP contribution in [0.15, 0.2) is 6.20 Å². The second-order valence-electron chi connectivity index (χ2n) is 3.41. The lowest BCUT2D eigenvalue weighted by Crippen LogP contribution is -2.09. The Hall–Kier alpha value is -1.69. The van der Waals surface area contributed by atoms with E-state index in [4.69, 9.17) is 21.1 Å². The number of hydrogen-bond donors (Lipinski definition) is 0. The van der Waals surface area contributed by atoms with Gasteiger partial charge in [-0.25, -0.2) is 4.39 Å². The maximum absolute atomic E-state index is 13.2. The minimum Gasteiger partial charge on any atom is -0.461 e. The van der Waals surface area contributed by atoms with Crippen LogP contribution in [0.3, 0.4) is 0 Å². The third-order valence-corrected chi connectivity index (χ3v) is 2.40. The highest BCUT2D eigenvalue weighted by Crippen LogP contribution is 2.23. The van der Waals surface area contributed by atoms with E-state index in [1.165, 1.54) is 13.8 Å². The van der Waals surface area contributed by atoms with Crippen LogP contribution in [0.4, 0.5) is 4.39 Å². The average Bonchev–Trinajstić information content (AvgIpc) is 2.29. The second kappa shape index (κ2) is 6.30. The lowest BCUT2D eigenvalue weighted by Gasteiger charge is -2.11. The van der Waals surface area contributed by atoms with Crippen molar-refractivity contribution in [3.8, 4) is 0 Å². The Labute approximate surface area is 108 Å². The highest BCUT2D eigenvalue weighted by molar-refractivity contribution is 6.31. The third kappa shape index (κ3) is 3.96. The van der Waals surface area contributed by atoms with Crippen LogP contribution in [-0.4, -0.2) is 16.9 Å². The fourth-order valence-corrected chi connectivity index (χ4v) is 1.37. The summed E-state index contributed by atoms with van der Waals surface area (Å²) in [6, 6.07) is 0. The van der Waals surface area contributed by atoms with Gasteiger partial charge in [0.1, 0.15) is 13.2 Å². The van der Waals surface area contributed by atoms with Crippen molar-refractivity contribution in [1.82, 2.24) is 4.98 Å². The second-order valence-corrected chi connectivity index (χ2v) is 3.78. The fraction of sp³-hybridized carbons (Fsp3) is 0.364. The van der Waals surface area contributed by atoms with Gasteiger partial charge in [0.25, 0.3) is 0 Å². The van der Waals surface area contributed by atoms with E-state index in [0.29, 0.717) is 0 Å². The lowest BCUT2D eigenvalue weighted by molar-refractivity contribution is -0.144. The quantitative estimate of drug-likeness (QED) is 0.786. The monoisotopic (exact) mass is 275 g/mol. The van der Waals surface area contributed by atoms with Crippen molar-refractivity contribution < 1.29 is 23.5 Å². The molecule has 0 amide bonds. The Morgan fingerprint density at radius 3 is 2.39 bits per heavy atom. The zero-order valence-corrected chi connectivity index (χ0v) is 10.6. The predicted molar refractivity (Wildman–Crippen MR) is 60.1 cm³/mol. The SMILES string of the molecule is CC(=O)OCc1ncc(F)c(Cl)c1COC(C)=O. The summed E-state index contributed by atoms with van der Waals surface area (Å²) in [5.41, 5.74) is 0.436. The Balaban J connectivity index is 2.96. The van der Waals surface area contributed by atoms with Gasteiger partial charge in [-0.2, -0.15) is 0 Å². The first-order valence-corrected chi connectivity index (χ1v) is 5.38. The summed E-state index contributed by atoms with van der Waals surface area (Å²) in [5.74, 6) is -1.77. The van der Waals surface area contributed by atoms with Crippen LogP contribution >= 0.6 is 11.6 Å². The summed E-state index contributed by atoms with van der Waals surface area (Å²) in [7, 11) is 0. The largest absolute Gasteiger partial charge is 0.461 e. The number of carbonyl (C=O) groups excluding carboxylic acids is 2. The van der Waals surface area contributed by atoms with Gasteiger partial charge in [0, 0.05) is 19.4 Å². The van der Waals surface area contributed by atoms with E-state index in [1.54, 1.807) is 0 Å². The van der Waals surface area contributed by atoms with E-state index in [-0.39, 0.29) is 29.5 Å². The van der Waals surface area contributed by atoms with Crippen LogP contribution in [0.5, 0.6) is 0 Å². The Kier molecular flexibility index (Phi) is 5.03. The minimum absolute atomic E-state index is 0.161. The van der Waals surface area contributed by atoms with Crippen molar-refractivity contribution in [2.24, 2.45) is 0 Å². The molecule has 0 aromatic carbocycles. The van der Waals surface area contributed by atoms with Crippen LogP contribution in [-0.2, 0) is 32.3 Å². The number of nitrogens with zero attached hydrogens (tertiary/aromatic N) is 1. The maximum Gasteiger partial charge on any atom is 0.303 e. The first-order chi connectivity index (χ1) is 8.41. The molecule has 0 saturated carbocycles. The normalized spacial score (nSPS) is 10.0. The predicted octanol–water partition coefficient (Wildman–Crippen LogP) is 2.00. The molecule has 0 spiro atoms. The Morgan fingerprint density at radius 1 is 1.28 bits per heavy atom. The van der Waals surface area contributed by atoms with Crippen molar-refractivity contribution in [3.63, 3.8) is 0 Å². The van der Waals surface area contributed by atoms with E-state index in [9.17, 15) is 14.0 Å². The summed E-state index contributed by atoms with van der Waals surface area (Å²) >= 11 is 5.75. The zero-order chi connectivity index (χ0) is 13.7. The Morgan fingerprint density at radius 2 is 1.83 bits per heavy atom. The molecule has 1 aromatic heterocycles. The maximum atomic E-state index is 13.2. The molecular weight excluding hydrogens is 265 g/mol. The molecule has 0 atom stereocenters. The topological polar surface area (TPSA) is 65.5 Å². The molecule has 0 radical (unpaired) electrons. The van der Waals surface area contributed by atoms with E-state index in [2.05, 4.69) is 4.98 Å². The van der Waals surface area contributed by atoms with Gasteiger partial charge in [0.15, 0.2) is 5.82 Å². The van der Waals surface area contributed by atoms with Gasteiger partial charge in [0.05, 0.1) is 16.9 Å². The number of rotatable bonds is 4. The van der Waals surface area contributed by atoms with Crippen molar-refractivity contribution in [1.29, 1.82) is 0 Å². The molecule has 1 rings (SSSR count). The summed E-state index contributed by atoms with van der Waals surface area (Å²) in [4.78, 5) is 25.2. The molecule has 1 heterocycles. The van der Waals surface area contributed by atoms with Crippen LogP contribution in [0.2, 0.25) is 5.02 Å². The fourth-order valence-electron chi connectivity index (χ4n) is 1.15. The van der Waals surface area contributed by atoms with Gasteiger partial charge in [-0.3, -0.25) is 14.6 Å². The molecule has 0 N–H and O–H groups in total. The van der Waals surface area contributed by atoms with Crippen molar-refractivity contribution >= 4 is 23.5 Å². The number of hydrogen-bond acceptors (Lipinski definition) is 5. The number of halogens is 2. The molecule has 7 heteroatoms. The third-order valence-electron chi connectivity index (χ3n) is 1.99. The molecule has 0 unspecified atom stereocenters. The molecule has 0 bridgehead atoms. The molecule has 1 aromatic rings. The van der Waals surface area contributed by atoms with Gasteiger partial charge in [-0.1, -0.05) is 11.6 Å². The van der Waals surface area contributed by atoms with Gasteiger partial charge < -0.3 is 9.47 Å². The molecule has 0 aliphatic heterocycles. The van der Waals surface area contributed by atoms with Crippen LogP contribution < -0.4 is 0 Å². The Bertz CT molecular complexity index is 478. The minimum atomic E-state index is -0.731. The van der Waals surface area contributed by atoms with E-state index in [1.807, 2.05) is 0 Å². The van der Waals surface area contributed by atoms with Gasteiger partial charge in [0.2, 0.25) is 0 Å². The summed E-state index contributed by atoms with van der Waals surface area (Å²) in [6.07, 6.45) is 0.915. The first kappa shape index (κ1) is 14.4. The molecule has 5 nitrogen and oxygen atoms in total. The molecule has 18 heavy (non-hydrogen) atoms. The molecule has 0 aliphatic rings. The van der Waals surface area contributed by atoms with Crippen molar-refractivity contribution in [3.05, 3.63) is 28.3 Å². The first-order valence-electron chi connectivity index (χ1n) is 5.00. The number of pyridine rings is 1. The van der Waals surface area contributed by atoms with E-state index < -0.39 is 17.8 Å². The van der Waals surface area contributed by atoms with E-state index >= 15 is 0 Å². The molecule has 98 valence electrons. The van der Waals surface area contributed by atoms with Crippen molar-refractivity contribution in [2.45, 2.75) is 27.1 Å². The molecule has 0 saturated heterocycles. The number of ether oxygens (including phenoxy) is 2. The average molecular weight is 276 g/mol. The zero-order valence-electron chi connectivity index (χ0n) is 9.83. The van der Waals surface area contributed by atoms with Crippen LogP contribution in [0.1, 0.15) is 25.1 Å². The molecule has 0 aliphatic carbocycles. The van der Waals surface area contributed by atoms with Crippen LogP contribution in [0, 0.1) is 5.82 Å². The summed E-state index contributed by atoms with van der Waals surface area (Å²) < 4.78 is 22.7. The standard InChI is InChI=1S/C11H11ClFNO4/c1-6(15)17-4-8-10(5-18-7(2)16)14-3-9(13)11(8)12/h3H,4-5H2,1-2H3. The highest BCUT2D eigenvalue weighted by Gasteiger charge is 2.15. The smallest absolute Gasteiger partial charge is 0.303 e. The molecule has 0 fully saturated rings. The summed E-state index contributed by atoms with van der Waals surface area (Å²) in [6.45, 7) is 2.06. The molecular formula is C11H11ClFNO4. The van der Waals surface area contributed by atoms with Gasteiger partial charge in [-0.15, -0.1) is 0 Å². The number of esters is 2. The summed E-state index contributed by atoms with van der Waals surface area (Å²) in [5, 5.41) is -0.201. The van der Waals surface area contributed by atoms with Gasteiger partial charge in [-0.05, 0) is 0 Å². The van der Waals surface area contributed by atoms with E-state index in [0.717, 1.165) is 6.20 Å².